The molecule has 3 aromatic rings. The second-order valence-electron chi connectivity index (χ2n) is 8.37. The average Bonchev–Trinajstić information content (AvgIpc) is 3.26. The fraction of sp³-hybridized carbons (Fsp3) is 0.269. The summed E-state index contributed by atoms with van der Waals surface area (Å²) >= 11 is 1.28. The van der Waals surface area contributed by atoms with E-state index in [1.54, 1.807) is 19.1 Å². The summed E-state index contributed by atoms with van der Waals surface area (Å²) in [6, 6.07) is 12.0. The van der Waals surface area contributed by atoms with Gasteiger partial charge in [0.15, 0.2) is 0 Å². The van der Waals surface area contributed by atoms with E-state index in [2.05, 4.69) is 15.4 Å². The Morgan fingerprint density at radius 1 is 0.974 bits per heavy atom. The number of amides is 3. The van der Waals surface area contributed by atoms with Gasteiger partial charge in [-0.15, -0.1) is 11.3 Å². The van der Waals surface area contributed by atoms with Crippen molar-refractivity contribution in [1.29, 1.82) is 0 Å². The van der Waals surface area contributed by atoms with Gasteiger partial charge in [-0.25, -0.2) is 13.2 Å². The van der Waals surface area contributed by atoms with Crippen molar-refractivity contribution in [2.75, 3.05) is 23.8 Å². The zero-order chi connectivity index (χ0) is 27.3. The Hall–Kier alpha value is -3.90. The molecule has 0 radical (unpaired) electrons. The van der Waals surface area contributed by atoms with Gasteiger partial charge >= 0.3 is 6.09 Å². The fourth-order valence-corrected chi connectivity index (χ4v) is 6.48. The number of sulfonamides is 1. The van der Waals surface area contributed by atoms with E-state index in [4.69, 9.17) is 9.47 Å². The molecule has 0 fully saturated rings. The Kier molecular flexibility index (Phi) is 8.32. The lowest BCUT2D eigenvalue weighted by Crippen LogP contribution is -2.32. The minimum absolute atomic E-state index is 0.00244. The molecule has 0 unspecified atom stereocenters. The van der Waals surface area contributed by atoms with Gasteiger partial charge in [0.25, 0.3) is 21.8 Å². The Balaban J connectivity index is 1.62. The van der Waals surface area contributed by atoms with Crippen molar-refractivity contribution in [3.05, 3.63) is 70.1 Å². The van der Waals surface area contributed by atoms with E-state index < -0.39 is 27.9 Å². The number of rotatable bonds is 8. The maximum Gasteiger partial charge on any atom is 0.414 e. The van der Waals surface area contributed by atoms with Crippen LogP contribution in [0.5, 0.6) is 5.75 Å². The van der Waals surface area contributed by atoms with Crippen LogP contribution in [0.4, 0.5) is 15.5 Å². The first-order chi connectivity index (χ1) is 18.2. The van der Waals surface area contributed by atoms with Crippen LogP contribution in [0.2, 0.25) is 0 Å². The van der Waals surface area contributed by atoms with Gasteiger partial charge in [-0.3, -0.25) is 19.6 Å². The standard InChI is InChI=1S/C26H27N3O7S2/c1-3-36-26(32)28-24(31)22-19-9-5-7-11-21(19)37-25(22)27-23(30)18-8-4-6-10-20(18)29-38(33,34)17-14-12-16(35-2)13-15-17/h4,6,8,10,12-15,29H,3,5,7,9,11H2,1-2H3,(H,27,30)(H,28,31,32). The molecule has 3 amide bonds. The molecule has 0 atom stereocenters. The van der Waals surface area contributed by atoms with Crippen molar-refractivity contribution in [2.45, 2.75) is 37.5 Å². The lowest BCUT2D eigenvalue weighted by molar-refractivity contribution is 0.0925. The van der Waals surface area contributed by atoms with Crippen LogP contribution in [0.15, 0.2) is 53.4 Å². The predicted octanol–water partition coefficient (Wildman–Crippen LogP) is 4.57. The predicted molar refractivity (Wildman–Crippen MR) is 144 cm³/mol. The number of aryl methyl sites for hydroxylation is 1. The maximum atomic E-state index is 13.4. The number of hydrogen-bond acceptors (Lipinski definition) is 8. The lowest BCUT2D eigenvalue weighted by Gasteiger charge is -2.14. The molecule has 3 N–H and O–H groups in total. The van der Waals surface area contributed by atoms with Gasteiger partial charge in [-0.05, 0) is 74.6 Å². The van der Waals surface area contributed by atoms with Crippen molar-refractivity contribution in [3.63, 3.8) is 0 Å². The Bertz CT molecular complexity index is 1460. The van der Waals surface area contributed by atoms with Gasteiger partial charge in [-0.1, -0.05) is 12.1 Å². The highest BCUT2D eigenvalue weighted by atomic mass is 32.2. The Morgan fingerprint density at radius 3 is 2.39 bits per heavy atom. The van der Waals surface area contributed by atoms with Crippen LogP contribution in [-0.2, 0) is 27.6 Å². The lowest BCUT2D eigenvalue weighted by atomic mass is 9.95. The topological polar surface area (TPSA) is 140 Å². The highest BCUT2D eigenvalue weighted by molar-refractivity contribution is 7.92. The van der Waals surface area contributed by atoms with E-state index in [0.29, 0.717) is 12.2 Å². The molecule has 200 valence electrons. The number of methoxy groups -OCH3 is 1. The van der Waals surface area contributed by atoms with Crippen molar-refractivity contribution in [1.82, 2.24) is 5.32 Å². The monoisotopic (exact) mass is 557 g/mol. The number of ether oxygens (including phenoxy) is 2. The minimum atomic E-state index is -4.01. The van der Waals surface area contributed by atoms with Crippen LogP contribution in [0.25, 0.3) is 0 Å². The summed E-state index contributed by atoms with van der Waals surface area (Å²) in [5.41, 5.74) is 1.15. The van der Waals surface area contributed by atoms with Crippen LogP contribution in [-0.4, -0.2) is 40.0 Å². The molecular weight excluding hydrogens is 530 g/mol. The summed E-state index contributed by atoms with van der Waals surface area (Å²) in [6.07, 6.45) is 2.37. The van der Waals surface area contributed by atoms with E-state index in [1.165, 1.54) is 54.8 Å². The molecule has 0 saturated carbocycles. The molecule has 12 heteroatoms. The van der Waals surface area contributed by atoms with Crippen molar-refractivity contribution < 1.29 is 32.3 Å². The number of hydrogen-bond donors (Lipinski definition) is 3. The molecular formula is C26H27N3O7S2. The molecule has 0 spiro atoms. The van der Waals surface area contributed by atoms with Crippen LogP contribution < -0.4 is 20.1 Å². The van der Waals surface area contributed by atoms with E-state index in [9.17, 15) is 22.8 Å². The highest BCUT2D eigenvalue weighted by Gasteiger charge is 2.28. The zero-order valence-corrected chi connectivity index (χ0v) is 22.5. The molecule has 10 nitrogen and oxygen atoms in total. The normalized spacial score (nSPS) is 12.7. The third kappa shape index (κ3) is 5.97. The Morgan fingerprint density at radius 2 is 1.68 bits per heavy atom. The summed E-state index contributed by atoms with van der Waals surface area (Å²) in [5, 5.41) is 5.27. The van der Waals surface area contributed by atoms with Crippen molar-refractivity contribution in [3.8, 4) is 5.75 Å². The number of thiophene rings is 1. The first-order valence-electron chi connectivity index (χ1n) is 11.9. The number of fused-ring (bicyclic) bond motifs is 1. The SMILES string of the molecule is CCOC(=O)NC(=O)c1c(NC(=O)c2ccccc2NS(=O)(=O)c2ccc(OC)cc2)sc2c1CCCC2. The second-order valence-corrected chi connectivity index (χ2v) is 11.2. The molecule has 38 heavy (non-hydrogen) atoms. The van der Waals surface area contributed by atoms with E-state index in [0.717, 1.165) is 29.7 Å². The van der Waals surface area contributed by atoms with Gasteiger partial charge < -0.3 is 14.8 Å². The van der Waals surface area contributed by atoms with Gasteiger partial charge in [0.1, 0.15) is 10.8 Å². The molecule has 0 bridgehead atoms. The zero-order valence-electron chi connectivity index (χ0n) is 20.8. The summed E-state index contributed by atoms with van der Waals surface area (Å²) in [4.78, 5) is 39.2. The fourth-order valence-electron chi connectivity index (χ4n) is 4.12. The molecule has 4 rings (SSSR count). The molecule has 0 saturated heterocycles. The molecule has 1 aliphatic carbocycles. The largest absolute Gasteiger partial charge is 0.497 e. The van der Waals surface area contributed by atoms with Gasteiger partial charge in [0.05, 0.1) is 35.4 Å². The van der Waals surface area contributed by atoms with Crippen LogP contribution in [0, 0.1) is 0 Å². The van der Waals surface area contributed by atoms with Gasteiger partial charge in [-0.2, -0.15) is 0 Å². The first-order valence-corrected chi connectivity index (χ1v) is 14.2. The van der Waals surface area contributed by atoms with Gasteiger partial charge in [0, 0.05) is 4.88 Å². The maximum absolute atomic E-state index is 13.4. The number of imide groups is 1. The summed E-state index contributed by atoms with van der Waals surface area (Å²) < 4.78 is 38.3. The Labute approximate surface area is 224 Å². The quantitative estimate of drug-likeness (QED) is 0.368. The molecule has 1 aliphatic rings. The number of nitrogens with one attached hydrogen (secondary N) is 3. The first kappa shape index (κ1) is 27.1. The van der Waals surface area contributed by atoms with Crippen molar-refractivity contribution in [2.24, 2.45) is 0 Å². The third-order valence-corrected chi connectivity index (χ3v) is 8.49. The van der Waals surface area contributed by atoms with Crippen molar-refractivity contribution >= 4 is 50.0 Å². The number of anilines is 2. The minimum Gasteiger partial charge on any atom is -0.497 e. The number of benzene rings is 2. The van der Waals surface area contributed by atoms with E-state index in [-0.39, 0.29) is 33.3 Å². The summed E-state index contributed by atoms with van der Waals surface area (Å²) in [7, 11) is -2.53. The smallest absolute Gasteiger partial charge is 0.414 e. The molecule has 1 heterocycles. The van der Waals surface area contributed by atoms with Gasteiger partial charge in [0.2, 0.25) is 0 Å². The molecule has 0 aliphatic heterocycles. The van der Waals surface area contributed by atoms with Crippen LogP contribution >= 0.6 is 11.3 Å². The summed E-state index contributed by atoms with van der Waals surface area (Å²) in [5.74, 6) is -0.765. The average molecular weight is 558 g/mol. The van der Waals surface area contributed by atoms with Crippen LogP contribution in [0.1, 0.15) is 50.9 Å². The summed E-state index contributed by atoms with van der Waals surface area (Å²) in [6.45, 7) is 1.73. The third-order valence-electron chi connectivity index (χ3n) is 5.90. The number of carbonyl (C=O) groups excluding carboxylic acids is 3. The second kappa shape index (κ2) is 11.7. The number of carbonyl (C=O) groups is 3. The molecule has 1 aromatic heterocycles. The van der Waals surface area contributed by atoms with Crippen LogP contribution in [0.3, 0.4) is 0 Å². The number of para-hydroxylation sites is 1. The highest BCUT2D eigenvalue weighted by Crippen LogP contribution is 2.38. The number of alkyl carbamates (subject to hydrolysis) is 1. The van der Waals surface area contributed by atoms with E-state index >= 15 is 0 Å². The molecule has 2 aromatic carbocycles. The van der Waals surface area contributed by atoms with E-state index in [1.807, 2.05) is 0 Å².